The maximum atomic E-state index is 6.47. The largest absolute Gasteiger partial charge is 0.443 e. The Morgan fingerprint density at radius 3 is 2.91 bits per heavy atom. The third-order valence-corrected chi connectivity index (χ3v) is 7.55. The minimum Gasteiger partial charge on any atom is -0.443 e. The predicted molar refractivity (Wildman–Crippen MR) is 128 cm³/mol. The average molecular weight is 524 g/mol. The molecule has 5 heterocycles. The van der Waals surface area contributed by atoms with Crippen molar-refractivity contribution in [3.8, 4) is 11.6 Å². The number of hydrazine groups is 1. The number of aromatic nitrogens is 3. The summed E-state index contributed by atoms with van der Waals surface area (Å²) in [6, 6.07) is 1.40. The second-order valence-corrected chi connectivity index (χ2v) is 10.1. The zero-order valence-corrected chi connectivity index (χ0v) is 20.3. The van der Waals surface area contributed by atoms with Crippen molar-refractivity contribution in [1.82, 2.24) is 20.0 Å². The van der Waals surface area contributed by atoms with Crippen molar-refractivity contribution >= 4 is 45.5 Å². The van der Waals surface area contributed by atoms with Gasteiger partial charge in [0, 0.05) is 29.8 Å². The van der Waals surface area contributed by atoms with E-state index in [0.717, 1.165) is 4.90 Å². The first kappa shape index (κ1) is 23.4. The van der Waals surface area contributed by atoms with Gasteiger partial charge in [0.25, 0.3) is 0 Å². The van der Waals surface area contributed by atoms with E-state index in [9.17, 15) is 0 Å². The van der Waals surface area contributed by atoms with Crippen LogP contribution in [0.5, 0.6) is 0 Å². The van der Waals surface area contributed by atoms with Gasteiger partial charge >= 0.3 is 0 Å². The van der Waals surface area contributed by atoms with E-state index in [4.69, 9.17) is 47.5 Å². The SMILES string of the molecule is COC1C(Sc2cc(Cl)cnc2-c2ncco2)OC2COC2C1N(N)/C=C(\N)c1csc(N)n1. The molecule has 0 aromatic carbocycles. The minimum atomic E-state index is -0.488. The smallest absolute Gasteiger partial charge is 0.246 e. The standard InChI is InChI=1S/C20H22ClN7O4S2/c1-29-17-15(28(24)6-10(22)11-8-33-20(23)27-11)16-12(7-31-16)32-19(17)34-13-4-9(21)5-26-14(13)18-25-2-3-30-18/h2-6,8,12,15-17,19H,7,22,24H2,1H3,(H2,23,27)/b10-6-. The van der Waals surface area contributed by atoms with E-state index < -0.39 is 11.5 Å². The molecule has 3 aromatic rings. The molecule has 180 valence electrons. The zero-order valence-electron chi connectivity index (χ0n) is 17.9. The van der Waals surface area contributed by atoms with E-state index in [1.165, 1.54) is 34.4 Å². The summed E-state index contributed by atoms with van der Waals surface area (Å²) in [5, 5.41) is 4.16. The normalized spacial score (nSPS) is 26.7. The first-order chi connectivity index (χ1) is 16.4. The molecule has 0 saturated carbocycles. The van der Waals surface area contributed by atoms with Crippen LogP contribution in [0.4, 0.5) is 5.13 Å². The minimum absolute atomic E-state index is 0.165. The van der Waals surface area contributed by atoms with Gasteiger partial charge in [-0.2, -0.15) is 0 Å². The number of nitrogens with two attached hydrogens (primary N) is 3. The van der Waals surface area contributed by atoms with Crippen LogP contribution in [-0.4, -0.2) is 63.5 Å². The molecule has 2 fully saturated rings. The fourth-order valence-electron chi connectivity index (χ4n) is 3.87. The highest BCUT2D eigenvalue weighted by Gasteiger charge is 2.53. The van der Waals surface area contributed by atoms with Crippen molar-refractivity contribution in [3.05, 3.63) is 47.0 Å². The van der Waals surface area contributed by atoms with E-state index in [1.54, 1.807) is 37.1 Å². The number of oxazole rings is 1. The van der Waals surface area contributed by atoms with Gasteiger partial charge in [0.2, 0.25) is 5.89 Å². The van der Waals surface area contributed by atoms with Crippen LogP contribution in [0.25, 0.3) is 17.3 Å². The third kappa shape index (κ3) is 4.47. The molecule has 5 atom stereocenters. The number of pyridine rings is 1. The number of hydrogen-bond donors (Lipinski definition) is 3. The third-order valence-electron chi connectivity index (χ3n) is 5.49. The number of hydrogen-bond acceptors (Lipinski definition) is 13. The van der Waals surface area contributed by atoms with Gasteiger partial charge in [0.15, 0.2) is 5.13 Å². The molecule has 3 aromatic heterocycles. The van der Waals surface area contributed by atoms with Crippen LogP contribution in [0.1, 0.15) is 5.69 Å². The fourth-order valence-corrected chi connectivity index (χ4v) is 5.97. The summed E-state index contributed by atoms with van der Waals surface area (Å²) in [6.07, 6.45) is 5.25. The lowest BCUT2D eigenvalue weighted by Crippen LogP contribution is -2.70. The van der Waals surface area contributed by atoms with Crippen molar-refractivity contribution in [3.63, 3.8) is 0 Å². The van der Waals surface area contributed by atoms with Crippen molar-refractivity contribution < 1.29 is 18.6 Å². The Hall–Kier alpha value is -2.39. The Balaban J connectivity index is 1.43. The highest BCUT2D eigenvalue weighted by Crippen LogP contribution is 2.42. The van der Waals surface area contributed by atoms with E-state index in [2.05, 4.69) is 15.0 Å². The molecule has 6 N–H and O–H groups in total. The number of nitrogens with zero attached hydrogens (tertiary/aromatic N) is 4. The molecule has 0 radical (unpaired) electrons. The number of methoxy groups -OCH3 is 1. The number of thiazole rings is 1. The van der Waals surface area contributed by atoms with Gasteiger partial charge < -0.3 is 35.1 Å². The molecule has 14 heteroatoms. The molecular weight excluding hydrogens is 502 g/mol. The molecule has 0 amide bonds. The second-order valence-electron chi connectivity index (χ2n) is 7.59. The number of nitrogen functional groups attached to an aromatic ring is 1. The van der Waals surface area contributed by atoms with Crippen molar-refractivity contribution in [1.29, 1.82) is 0 Å². The monoisotopic (exact) mass is 523 g/mol. The summed E-state index contributed by atoms with van der Waals surface area (Å²) in [7, 11) is 1.60. The highest BCUT2D eigenvalue weighted by atomic mass is 35.5. The lowest BCUT2D eigenvalue weighted by molar-refractivity contribution is -0.272. The number of ether oxygens (including phenoxy) is 3. The predicted octanol–water partition coefficient (Wildman–Crippen LogP) is 2.16. The van der Waals surface area contributed by atoms with Gasteiger partial charge in [-0.05, 0) is 6.07 Å². The number of thioether (sulfide) groups is 1. The number of fused-ring (bicyclic) bond motifs is 1. The van der Waals surface area contributed by atoms with Crippen molar-refractivity contribution in [2.24, 2.45) is 11.6 Å². The molecular formula is C20H22ClN7O4S2. The Bertz CT molecular complexity index is 1180. The lowest BCUT2D eigenvalue weighted by atomic mass is 9.93. The molecule has 5 unspecified atom stereocenters. The van der Waals surface area contributed by atoms with Crippen LogP contribution in [0.3, 0.4) is 0 Å². The van der Waals surface area contributed by atoms with Crippen molar-refractivity contribution in [2.75, 3.05) is 19.5 Å². The van der Waals surface area contributed by atoms with Crippen LogP contribution >= 0.6 is 34.7 Å². The molecule has 2 aliphatic heterocycles. The van der Waals surface area contributed by atoms with Gasteiger partial charge in [-0.25, -0.2) is 20.8 Å². The van der Waals surface area contributed by atoms with E-state index in [-0.39, 0.29) is 18.2 Å². The van der Waals surface area contributed by atoms with E-state index in [0.29, 0.717) is 39.7 Å². The Morgan fingerprint density at radius 2 is 2.26 bits per heavy atom. The molecule has 2 aliphatic rings. The van der Waals surface area contributed by atoms with Gasteiger partial charge in [0.1, 0.15) is 47.4 Å². The fraction of sp³-hybridized carbons (Fsp3) is 0.350. The zero-order chi connectivity index (χ0) is 23.8. The van der Waals surface area contributed by atoms with Crippen LogP contribution in [0.15, 0.2) is 45.6 Å². The highest BCUT2D eigenvalue weighted by molar-refractivity contribution is 8.00. The van der Waals surface area contributed by atoms with Gasteiger partial charge in [-0.15, -0.1) is 11.3 Å². The van der Waals surface area contributed by atoms with E-state index in [1.807, 2.05) is 0 Å². The summed E-state index contributed by atoms with van der Waals surface area (Å²) in [5.41, 5.74) is 13.0. The molecule has 0 aliphatic carbocycles. The van der Waals surface area contributed by atoms with Gasteiger partial charge in [-0.3, -0.25) is 0 Å². The maximum Gasteiger partial charge on any atom is 0.246 e. The summed E-state index contributed by atoms with van der Waals surface area (Å²) < 4.78 is 23.4. The Morgan fingerprint density at radius 1 is 1.41 bits per heavy atom. The number of anilines is 1. The maximum absolute atomic E-state index is 6.47. The van der Waals surface area contributed by atoms with Crippen LogP contribution in [0.2, 0.25) is 5.02 Å². The molecule has 0 bridgehead atoms. The van der Waals surface area contributed by atoms with Gasteiger partial charge in [0.05, 0.1) is 23.5 Å². The first-order valence-corrected chi connectivity index (χ1v) is 12.3. The first-order valence-electron chi connectivity index (χ1n) is 10.2. The van der Waals surface area contributed by atoms with E-state index >= 15 is 0 Å². The summed E-state index contributed by atoms with van der Waals surface area (Å²) in [4.78, 5) is 13.6. The van der Waals surface area contributed by atoms with Gasteiger partial charge in [-0.1, -0.05) is 23.4 Å². The number of halogens is 1. The second kappa shape index (κ2) is 9.70. The summed E-state index contributed by atoms with van der Waals surface area (Å²) in [5.74, 6) is 6.85. The van der Waals surface area contributed by atoms with Crippen LogP contribution < -0.4 is 17.3 Å². The Labute approximate surface area is 208 Å². The summed E-state index contributed by atoms with van der Waals surface area (Å²) in [6.45, 7) is 0.449. The summed E-state index contributed by atoms with van der Waals surface area (Å²) >= 11 is 8.95. The topological polar surface area (TPSA) is 161 Å². The lowest BCUT2D eigenvalue weighted by Gasteiger charge is -2.53. The molecule has 2 saturated heterocycles. The Kier molecular flexibility index (Phi) is 6.66. The molecule has 0 spiro atoms. The quantitative estimate of drug-likeness (QED) is 0.306. The van der Waals surface area contributed by atoms with Crippen LogP contribution in [0, 0.1) is 0 Å². The molecule has 11 nitrogen and oxygen atoms in total. The molecule has 34 heavy (non-hydrogen) atoms. The van der Waals surface area contributed by atoms with Crippen molar-refractivity contribution in [2.45, 2.75) is 34.7 Å². The average Bonchev–Trinajstić information content (AvgIpc) is 3.47. The molecule has 5 rings (SSSR count). The van der Waals surface area contributed by atoms with Crippen LogP contribution in [-0.2, 0) is 14.2 Å². The number of rotatable bonds is 7.